The predicted molar refractivity (Wildman–Crippen MR) is 91.4 cm³/mol. The summed E-state index contributed by atoms with van der Waals surface area (Å²) in [6.45, 7) is 11.4. The molecule has 0 fully saturated rings. The van der Waals surface area contributed by atoms with Gasteiger partial charge in [-0.15, -0.1) is 0 Å². The summed E-state index contributed by atoms with van der Waals surface area (Å²) in [4.78, 5) is 12.5. The standard InChI is InChI=1S/C16H28N2O5S/c1-7-22-9-8-17-24(20,21)16(5,6)13(19)10-12-11-14(23-18-12)15(2,3)4/h11,17H,7-10H2,1-6H3. The topological polar surface area (TPSA) is 98.5 Å². The first-order valence-corrected chi connectivity index (χ1v) is 9.46. The molecular formula is C16H28N2O5S. The minimum atomic E-state index is -3.82. The molecule has 1 aromatic heterocycles. The average molecular weight is 360 g/mol. The first kappa shape index (κ1) is 20.8. The van der Waals surface area contributed by atoms with E-state index >= 15 is 0 Å². The maximum absolute atomic E-state index is 12.5. The largest absolute Gasteiger partial charge is 0.380 e. The molecule has 8 heteroatoms. The second-order valence-corrected chi connectivity index (χ2v) is 9.45. The van der Waals surface area contributed by atoms with E-state index in [-0.39, 0.29) is 25.0 Å². The number of ketones is 1. The van der Waals surface area contributed by atoms with Crippen molar-refractivity contribution in [2.24, 2.45) is 0 Å². The van der Waals surface area contributed by atoms with Gasteiger partial charge in [0.05, 0.1) is 18.7 Å². The molecule has 0 radical (unpaired) electrons. The van der Waals surface area contributed by atoms with E-state index in [9.17, 15) is 13.2 Å². The van der Waals surface area contributed by atoms with Crippen LogP contribution in [0.3, 0.4) is 0 Å². The van der Waals surface area contributed by atoms with Gasteiger partial charge in [-0.1, -0.05) is 25.9 Å². The third-order valence-corrected chi connectivity index (χ3v) is 5.88. The van der Waals surface area contributed by atoms with Gasteiger partial charge in [-0.05, 0) is 20.8 Å². The van der Waals surface area contributed by atoms with Gasteiger partial charge in [0, 0.05) is 24.6 Å². The number of carbonyl (C=O) groups is 1. The van der Waals surface area contributed by atoms with Crippen molar-refractivity contribution < 1.29 is 22.5 Å². The minimum Gasteiger partial charge on any atom is -0.380 e. The normalized spacial score (nSPS) is 13.2. The van der Waals surface area contributed by atoms with Gasteiger partial charge in [-0.2, -0.15) is 0 Å². The molecule has 24 heavy (non-hydrogen) atoms. The third-order valence-electron chi connectivity index (χ3n) is 3.73. The summed E-state index contributed by atoms with van der Waals surface area (Å²) >= 11 is 0. The Kier molecular flexibility index (Phi) is 6.72. The van der Waals surface area contributed by atoms with Gasteiger partial charge in [-0.3, -0.25) is 4.79 Å². The van der Waals surface area contributed by atoms with Crippen LogP contribution in [0.15, 0.2) is 10.6 Å². The summed E-state index contributed by atoms with van der Waals surface area (Å²) in [5.41, 5.74) is 0.207. The van der Waals surface area contributed by atoms with Crippen LogP contribution in [-0.2, 0) is 31.4 Å². The van der Waals surface area contributed by atoms with Crippen molar-refractivity contribution in [3.8, 4) is 0 Å². The summed E-state index contributed by atoms with van der Waals surface area (Å²) in [7, 11) is -3.82. The SMILES string of the molecule is CCOCCNS(=O)(=O)C(C)(C)C(=O)Cc1cc(C(C)(C)C)on1. The number of carbonyl (C=O) groups excluding carboxylic acids is 1. The predicted octanol–water partition coefficient (Wildman–Crippen LogP) is 1.82. The number of hydrogen-bond donors (Lipinski definition) is 1. The van der Waals surface area contributed by atoms with Crippen molar-refractivity contribution in [1.82, 2.24) is 9.88 Å². The summed E-state index contributed by atoms with van der Waals surface area (Å²) in [5.74, 6) is 0.209. The molecule has 0 unspecified atom stereocenters. The molecule has 0 saturated carbocycles. The van der Waals surface area contributed by atoms with Gasteiger partial charge in [0.25, 0.3) is 0 Å². The molecule has 0 bridgehead atoms. The second-order valence-electron chi connectivity index (χ2n) is 7.14. The Morgan fingerprint density at radius 2 is 1.92 bits per heavy atom. The van der Waals surface area contributed by atoms with Crippen molar-refractivity contribution in [3.05, 3.63) is 17.5 Å². The van der Waals surface area contributed by atoms with Crippen molar-refractivity contribution in [1.29, 1.82) is 0 Å². The summed E-state index contributed by atoms with van der Waals surface area (Å²) in [6, 6.07) is 1.70. The van der Waals surface area contributed by atoms with E-state index in [0.29, 0.717) is 18.1 Å². The number of nitrogens with one attached hydrogen (secondary N) is 1. The first-order chi connectivity index (χ1) is 10.9. The molecule has 1 heterocycles. The van der Waals surface area contributed by atoms with E-state index < -0.39 is 20.6 Å². The molecule has 0 atom stereocenters. The van der Waals surface area contributed by atoms with Crippen LogP contribution in [0.25, 0.3) is 0 Å². The smallest absolute Gasteiger partial charge is 0.224 e. The lowest BCUT2D eigenvalue weighted by molar-refractivity contribution is -0.120. The van der Waals surface area contributed by atoms with Gasteiger partial charge >= 0.3 is 0 Å². The zero-order valence-electron chi connectivity index (χ0n) is 15.3. The van der Waals surface area contributed by atoms with Crippen LogP contribution in [0.4, 0.5) is 0 Å². The molecule has 0 amide bonds. The fourth-order valence-corrected chi connectivity index (χ4v) is 2.93. The molecule has 0 aliphatic carbocycles. The van der Waals surface area contributed by atoms with Crippen LogP contribution >= 0.6 is 0 Å². The number of ether oxygens (including phenoxy) is 1. The fraction of sp³-hybridized carbons (Fsp3) is 0.750. The van der Waals surface area contributed by atoms with Crippen LogP contribution < -0.4 is 4.72 Å². The monoisotopic (exact) mass is 360 g/mol. The molecule has 1 aromatic rings. The summed E-state index contributed by atoms with van der Waals surface area (Å²) in [6.07, 6.45) is -0.0983. The lowest BCUT2D eigenvalue weighted by Crippen LogP contribution is -2.49. The van der Waals surface area contributed by atoms with E-state index in [4.69, 9.17) is 9.26 Å². The Bertz CT molecular complexity index is 656. The zero-order valence-corrected chi connectivity index (χ0v) is 16.1. The molecular weight excluding hydrogens is 332 g/mol. The number of nitrogens with zero attached hydrogens (tertiary/aromatic N) is 1. The number of hydrogen-bond acceptors (Lipinski definition) is 6. The Morgan fingerprint density at radius 1 is 1.29 bits per heavy atom. The van der Waals surface area contributed by atoms with Crippen LogP contribution in [0.2, 0.25) is 0 Å². The number of Topliss-reactive ketones (excluding diaryl/α,β-unsaturated/α-hetero) is 1. The molecule has 138 valence electrons. The molecule has 0 saturated heterocycles. The van der Waals surface area contributed by atoms with Crippen LogP contribution in [0.5, 0.6) is 0 Å². The van der Waals surface area contributed by atoms with E-state index in [0.717, 1.165) is 0 Å². The summed E-state index contributed by atoms with van der Waals surface area (Å²) < 4.78 is 35.9. The van der Waals surface area contributed by atoms with Gasteiger partial charge in [0.2, 0.25) is 10.0 Å². The second kappa shape index (κ2) is 7.76. The molecule has 7 nitrogen and oxygen atoms in total. The zero-order chi connectivity index (χ0) is 18.6. The highest BCUT2D eigenvalue weighted by Gasteiger charge is 2.41. The molecule has 0 aliphatic heterocycles. The van der Waals surface area contributed by atoms with Gasteiger partial charge in [0.15, 0.2) is 5.78 Å². The van der Waals surface area contributed by atoms with Gasteiger partial charge in [0.1, 0.15) is 10.5 Å². The molecule has 1 rings (SSSR count). The lowest BCUT2D eigenvalue weighted by atomic mass is 9.92. The van der Waals surface area contributed by atoms with E-state index in [1.54, 1.807) is 6.07 Å². The third kappa shape index (κ3) is 5.12. The molecule has 0 spiro atoms. The van der Waals surface area contributed by atoms with Crippen molar-refractivity contribution in [3.63, 3.8) is 0 Å². The van der Waals surface area contributed by atoms with Crippen LogP contribution in [0.1, 0.15) is 53.0 Å². The average Bonchev–Trinajstić information content (AvgIpc) is 2.92. The van der Waals surface area contributed by atoms with Crippen LogP contribution in [0, 0.1) is 0 Å². The highest BCUT2D eigenvalue weighted by Crippen LogP contribution is 2.24. The van der Waals surface area contributed by atoms with Crippen LogP contribution in [-0.4, -0.2) is 43.9 Å². The highest BCUT2D eigenvalue weighted by molar-refractivity contribution is 7.91. The Hall–Kier alpha value is -1.25. The number of rotatable bonds is 9. The van der Waals surface area contributed by atoms with Crippen molar-refractivity contribution in [2.75, 3.05) is 19.8 Å². The number of sulfonamides is 1. The Labute approximate surface area is 144 Å². The van der Waals surface area contributed by atoms with E-state index in [2.05, 4.69) is 9.88 Å². The fourth-order valence-electron chi connectivity index (χ4n) is 1.85. The Balaban J connectivity index is 2.79. The van der Waals surface area contributed by atoms with Gasteiger partial charge in [-0.25, -0.2) is 13.1 Å². The maximum atomic E-state index is 12.5. The number of aromatic nitrogens is 1. The van der Waals surface area contributed by atoms with E-state index in [1.165, 1.54) is 13.8 Å². The minimum absolute atomic E-state index is 0.0983. The molecule has 1 N–H and O–H groups in total. The lowest BCUT2D eigenvalue weighted by Gasteiger charge is -2.23. The summed E-state index contributed by atoms with van der Waals surface area (Å²) in [5, 5.41) is 3.87. The van der Waals surface area contributed by atoms with Crippen molar-refractivity contribution >= 4 is 15.8 Å². The molecule has 0 aromatic carbocycles. The van der Waals surface area contributed by atoms with E-state index in [1.807, 2.05) is 27.7 Å². The van der Waals surface area contributed by atoms with Crippen molar-refractivity contribution in [2.45, 2.75) is 58.1 Å². The quantitative estimate of drug-likeness (QED) is 0.675. The first-order valence-electron chi connectivity index (χ1n) is 7.98. The molecule has 0 aliphatic rings. The highest BCUT2D eigenvalue weighted by atomic mass is 32.2. The maximum Gasteiger partial charge on any atom is 0.224 e. The van der Waals surface area contributed by atoms with Gasteiger partial charge < -0.3 is 9.26 Å². The Morgan fingerprint density at radius 3 is 2.42 bits per heavy atom.